The fourth-order valence-electron chi connectivity index (χ4n) is 8.40. The van der Waals surface area contributed by atoms with Crippen LogP contribution < -0.4 is 0 Å². The third kappa shape index (κ3) is 4.33. The van der Waals surface area contributed by atoms with Gasteiger partial charge in [-0.15, -0.1) is 0 Å². The number of nitrogens with zero attached hydrogens (tertiary/aromatic N) is 5. The van der Waals surface area contributed by atoms with E-state index in [1.807, 2.05) is 6.07 Å². The molecule has 7 aromatic carbocycles. The average Bonchev–Trinajstić information content (AvgIpc) is 3.86. The summed E-state index contributed by atoms with van der Waals surface area (Å²) in [6.45, 7) is 0. The summed E-state index contributed by atoms with van der Waals surface area (Å²) < 4.78 is 7.14. The number of pyridine rings is 1. The number of fused-ring (bicyclic) bond motifs is 9. The zero-order chi connectivity index (χ0) is 35.0. The van der Waals surface area contributed by atoms with Crippen LogP contribution in [-0.4, -0.2) is 18.7 Å². The van der Waals surface area contributed by atoms with Gasteiger partial charge in [0.05, 0.1) is 50.4 Å². The molecule has 0 saturated heterocycles. The van der Waals surface area contributed by atoms with Gasteiger partial charge in [0.25, 0.3) is 0 Å². The lowest BCUT2D eigenvalue weighted by molar-refractivity contribution is 1.16. The largest absolute Gasteiger partial charge is 0.309 e. The summed E-state index contributed by atoms with van der Waals surface area (Å²) in [5.74, 6) is 0. The van der Waals surface area contributed by atoms with Crippen LogP contribution in [-0.2, 0) is 0 Å². The minimum absolute atomic E-state index is 0.597. The molecule has 246 valence electrons. The second-order valence-corrected chi connectivity index (χ2v) is 13.6. The van der Waals surface area contributed by atoms with E-state index in [9.17, 15) is 5.26 Å². The van der Waals surface area contributed by atoms with Crippen molar-refractivity contribution in [2.24, 2.45) is 0 Å². The molecule has 0 atom stereocenters. The third-order valence-electron chi connectivity index (χ3n) is 10.7. The maximum absolute atomic E-state index is 9.46. The zero-order valence-corrected chi connectivity index (χ0v) is 28.5. The molecule has 5 heteroatoms. The van der Waals surface area contributed by atoms with E-state index in [4.69, 9.17) is 0 Å². The first-order valence-electron chi connectivity index (χ1n) is 17.8. The first kappa shape index (κ1) is 29.3. The first-order chi connectivity index (χ1) is 26.2. The lowest BCUT2D eigenvalue weighted by Crippen LogP contribution is -1.96. The van der Waals surface area contributed by atoms with Gasteiger partial charge in [0, 0.05) is 61.1 Å². The number of para-hydroxylation sites is 4. The van der Waals surface area contributed by atoms with Crippen molar-refractivity contribution in [3.05, 3.63) is 182 Å². The van der Waals surface area contributed by atoms with Crippen LogP contribution in [0.2, 0.25) is 0 Å². The molecule has 0 unspecified atom stereocenters. The monoisotopic (exact) mass is 675 g/mol. The topological polar surface area (TPSA) is 51.5 Å². The minimum Gasteiger partial charge on any atom is -0.309 e. The van der Waals surface area contributed by atoms with Gasteiger partial charge < -0.3 is 13.7 Å². The predicted octanol–water partition coefficient (Wildman–Crippen LogP) is 11.9. The summed E-state index contributed by atoms with van der Waals surface area (Å²) in [5, 5.41) is 16.8. The highest BCUT2D eigenvalue weighted by atomic mass is 15.0. The van der Waals surface area contributed by atoms with Gasteiger partial charge in [0.1, 0.15) is 0 Å². The maximum atomic E-state index is 9.46. The van der Waals surface area contributed by atoms with Crippen LogP contribution in [0.4, 0.5) is 0 Å². The van der Waals surface area contributed by atoms with Crippen molar-refractivity contribution < 1.29 is 0 Å². The first-order valence-corrected chi connectivity index (χ1v) is 17.8. The average molecular weight is 676 g/mol. The summed E-state index contributed by atoms with van der Waals surface area (Å²) in [6.07, 6.45) is 1.69. The SMILES string of the molecule is N#Cc1ccnc(-c2ccc(-n3c4ccc(-n5c6ccccc6c6ccccc65)cc4c4cc(-n5c6ccccc6c6ccccc65)ccc43)cc2)c1. The Morgan fingerprint density at radius 3 is 1.23 bits per heavy atom. The Hall–Kier alpha value is -7.42. The molecule has 4 heterocycles. The molecule has 0 bridgehead atoms. The van der Waals surface area contributed by atoms with E-state index in [-0.39, 0.29) is 0 Å². The standard InChI is InChI=1S/C48H29N5/c49-30-31-25-26-50-42(27-31)32-17-19-33(20-18-32)51-47-23-21-34(52-43-13-5-1-9-36(43)37-10-2-6-14-44(37)52)28-40(47)41-29-35(22-24-48(41)51)53-45-15-7-3-11-38(45)39-12-4-8-16-46(39)53/h1-29H. The van der Waals surface area contributed by atoms with Crippen LogP contribution in [0.25, 0.3) is 93.7 Å². The molecule has 11 rings (SSSR count). The quantitative estimate of drug-likeness (QED) is 0.186. The van der Waals surface area contributed by atoms with E-state index in [1.54, 1.807) is 12.3 Å². The van der Waals surface area contributed by atoms with Crippen molar-refractivity contribution in [2.45, 2.75) is 0 Å². The Bertz CT molecular complexity index is 3020. The van der Waals surface area contributed by atoms with Crippen molar-refractivity contribution in [3.8, 4) is 34.4 Å². The second-order valence-electron chi connectivity index (χ2n) is 13.6. The smallest absolute Gasteiger partial charge is 0.0992 e. The summed E-state index contributed by atoms with van der Waals surface area (Å²) >= 11 is 0. The number of aromatic nitrogens is 4. The lowest BCUT2D eigenvalue weighted by Gasteiger charge is -2.11. The van der Waals surface area contributed by atoms with Crippen LogP contribution >= 0.6 is 0 Å². The zero-order valence-electron chi connectivity index (χ0n) is 28.5. The van der Waals surface area contributed by atoms with Crippen LogP contribution in [0, 0.1) is 11.3 Å². The van der Waals surface area contributed by atoms with E-state index in [2.05, 4.69) is 182 Å². The molecule has 0 aliphatic heterocycles. The van der Waals surface area contributed by atoms with Gasteiger partial charge in [-0.3, -0.25) is 4.98 Å². The van der Waals surface area contributed by atoms with E-state index in [1.165, 1.54) is 54.4 Å². The minimum atomic E-state index is 0.597. The Labute approximate surface area is 304 Å². The van der Waals surface area contributed by atoms with Gasteiger partial charge in [0.2, 0.25) is 0 Å². The highest BCUT2D eigenvalue weighted by Crippen LogP contribution is 2.39. The molecule has 5 nitrogen and oxygen atoms in total. The molecule has 53 heavy (non-hydrogen) atoms. The second kappa shape index (κ2) is 11.3. The van der Waals surface area contributed by atoms with Crippen molar-refractivity contribution >= 4 is 65.4 Å². The molecule has 0 N–H and O–H groups in total. The Morgan fingerprint density at radius 2 is 0.774 bits per heavy atom. The van der Waals surface area contributed by atoms with Gasteiger partial charge in [0.15, 0.2) is 0 Å². The Balaban J connectivity index is 1.18. The van der Waals surface area contributed by atoms with Gasteiger partial charge in [-0.2, -0.15) is 5.26 Å². The molecule has 0 spiro atoms. The van der Waals surface area contributed by atoms with E-state index >= 15 is 0 Å². The van der Waals surface area contributed by atoms with Crippen LogP contribution in [0.15, 0.2) is 176 Å². The Kier molecular flexibility index (Phi) is 6.25. The van der Waals surface area contributed by atoms with Crippen molar-refractivity contribution in [1.29, 1.82) is 5.26 Å². The lowest BCUT2D eigenvalue weighted by atomic mass is 10.1. The van der Waals surface area contributed by atoms with Gasteiger partial charge in [-0.25, -0.2) is 0 Å². The number of hydrogen-bond donors (Lipinski definition) is 0. The molecule has 0 saturated carbocycles. The highest BCUT2D eigenvalue weighted by Gasteiger charge is 2.19. The summed E-state index contributed by atoms with van der Waals surface area (Å²) in [5.41, 5.74) is 12.6. The Morgan fingerprint density at radius 1 is 0.377 bits per heavy atom. The molecular weight excluding hydrogens is 647 g/mol. The summed E-state index contributed by atoms with van der Waals surface area (Å²) in [6, 6.07) is 62.7. The van der Waals surface area contributed by atoms with E-state index < -0.39 is 0 Å². The fraction of sp³-hybridized carbons (Fsp3) is 0. The fourth-order valence-corrected chi connectivity index (χ4v) is 8.40. The van der Waals surface area contributed by atoms with Gasteiger partial charge >= 0.3 is 0 Å². The molecule has 0 amide bonds. The van der Waals surface area contributed by atoms with Crippen LogP contribution in [0.3, 0.4) is 0 Å². The van der Waals surface area contributed by atoms with E-state index in [0.29, 0.717) is 5.56 Å². The van der Waals surface area contributed by atoms with Gasteiger partial charge in [-0.05, 0) is 84.9 Å². The van der Waals surface area contributed by atoms with Crippen LogP contribution in [0.1, 0.15) is 5.56 Å². The molecule has 0 aliphatic carbocycles. The van der Waals surface area contributed by atoms with Crippen molar-refractivity contribution in [3.63, 3.8) is 0 Å². The van der Waals surface area contributed by atoms with Crippen LogP contribution in [0.5, 0.6) is 0 Å². The highest BCUT2D eigenvalue weighted by molar-refractivity contribution is 6.14. The number of hydrogen-bond acceptors (Lipinski definition) is 2. The summed E-state index contributed by atoms with van der Waals surface area (Å²) in [7, 11) is 0. The molecule has 0 fully saturated rings. The number of rotatable bonds is 4. The summed E-state index contributed by atoms with van der Waals surface area (Å²) in [4.78, 5) is 4.54. The molecule has 11 aromatic rings. The van der Waals surface area contributed by atoms with Gasteiger partial charge in [-0.1, -0.05) is 84.9 Å². The number of benzene rings is 7. The molecule has 4 aromatic heterocycles. The molecule has 0 radical (unpaired) electrons. The molecular formula is C48H29N5. The molecule has 0 aliphatic rings. The van der Waals surface area contributed by atoms with Crippen molar-refractivity contribution in [1.82, 2.24) is 18.7 Å². The van der Waals surface area contributed by atoms with E-state index in [0.717, 1.165) is 39.4 Å². The normalized spacial score (nSPS) is 11.8. The third-order valence-corrected chi connectivity index (χ3v) is 10.7. The van der Waals surface area contributed by atoms with Crippen molar-refractivity contribution in [2.75, 3.05) is 0 Å². The number of nitriles is 1. The maximum Gasteiger partial charge on any atom is 0.0992 e. The predicted molar refractivity (Wildman–Crippen MR) is 217 cm³/mol.